The molecule has 1 aliphatic carbocycles. The van der Waals surface area contributed by atoms with Crippen molar-refractivity contribution >= 4 is 34.4 Å². The number of amides is 2. The third-order valence-corrected chi connectivity index (χ3v) is 5.52. The molecule has 5 nitrogen and oxygen atoms in total. The summed E-state index contributed by atoms with van der Waals surface area (Å²) in [6.07, 6.45) is 4.77. The number of anilines is 1. The minimum Gasteiger partial charge on any atom is -0.326 e. The highest BCUT2D eigenvalue weighted by Gasteiger charge is 2.32. The maximum Gasteiger partial charge on any atom is 0.240 e. The molecule has 1 atom stereocenters. The zero-order valence-electron chi connectivity index (χ0n) is 14.1. The molecule has 6 heteroatoms. The van der Waals surface area contributed by atoms with E-state index in [1.165, 1.54) is 24.6 Å². The van der Waals surface area contributed by atoms with Gasteiger partial charge in [0.25, 0.3) is 0 Å². The largest absolute Gasteiger partial charge is 0.326 e. The lowest BCUT2D eigenvalue weighted by atomic mass is 10.1. The highest BCUT2D eigenvalue weighted by atomic mass is 32.2. The number of carbonyl (C=O) groups is 2. The number of nitrogens with zero attached hydrogens (tertiary/aromatic N) is 1. The second-order valence-electron chi connectivity index (χ2n) is 6.54. The summed E-state index contributed by atoms with van der Waals surface area (Å²) in [5.41, 5.74) is 2.98. The number of aryl methyl sites for hydroxylation is 2. The highest BCUT2D eigenvalue weighted by molar-refractivity contribution is 8.15. The monoisotopic (exact) mass is 345 g/mol. The second-order valence-corrected chi connectivity index (χ2v) is 7.73. The summed E-state index contributed by atoms with van der Waals surface area (Å²) in [5.74, 6) is -0.260. The van der Waals surface area contributed by atoms with Crippen LogP contribution in [0, 0.1) is 13.8 Å². The Hall–Kier alpha value is -1.82. The maximum atomic E-state index is 12.3. The fraction of sp³-hybridized carbons (Fsp3) is 0.500. The fourth-order valence-corrected chi connectivity index (χ4v) is 4.16. The van der Waals surface area contributed by atoms with Crippen LogP contribution in [0.25, 0.3) is 0 Å². The molecule has 0 spiro atoms. The Bertz CT molecular complexity index is 681. The summed E-state index contributed by atoms with van der Waals surface area (Å²) in [6, 6.07) is 6.22. The Kier molecular flexibility index (Phi) is 5.23. The molecule has 3 rings (SSSR count). The van der Waals surface area contributed by atoms with Crippen LogP contribution >= 0.6 is 11.8 Å². The summed E-state index contributed by atoms with van der Waals surface area (Å²) in [7, 11) is 0. The summed E-state index contributed by atoms with van der Waals surface area (Å²) in [4.78, 5) is 28.9. The predicted molar refractivity (Wildman–Crippen MR) is 98.4 cm³/mol. The molecule has 128 valence electrons. The van der Waals surface area contributed by atoms with Gasteiger partial charge in [0.05, 0.1) is 6.04 Å². The molecular formula is C18H23N3O2S. The molecule has 1 heterocycles. The smallest absolute Gasteiger partial charge is 0.240 e. The van der Waals surface area contributed by atoms with Gasteiger partial charge in [0.1, 0.15) is 5.25 Å². The number of nitrogens with one attached hydrogen (secondary N) is 2. The number of amidine groups is 1. The van der Waals surface area contributed by atoms with Crippen molar-refractivity contribution in [3.05, 3.63) is 29.3 Å². The van der Waals surface area contributed by atoms with Gasteiger partial charge in [-0.2, -0.15) is 0 Å². The zero-order chi connectivity index (χ0) is 17.1. The van der Waals surface area contributed by atoms with Crippen molar-refractivity contribution < 1.29 is 9.59 Å². The van der Waals surface area contributed by atoms with E-state index in [0.717, 1.165) is 29.7 Å². The summed E-state index contributed by atoms with van der Waals surface area (Å²) in [5, 5.41) is 6.00. The fourth-order valence-electron chi connectivity index (χ4n) is 3.12. The van der Waals surface area contributed by atoms with E-state index in [1.807, 2.05) is 32.0 Å². The lowest BCUT2D eigenvalue weighted by Crippen LogP contribution is -2.28. The average molecular weight is 345 g/mol. The van der Waals surface area contributed by atoms with Crippen LogP contribution in [-0.2, 0) is 9.59 Å². The number of thioether (sulfide) groups is 1. The van der Waals surface area contributed by atoms with Gasteiger partial charge in [-0.15, -0.1) is 0 Å². The van der Waals surface area contributed by atoms with Gasteiger partial charge < -0.3 is 10.6 Å². The van der Waals surface area contributed by atoms with Gasteiger partial charge in [-0.05, 0) is 38.3 Å². The van der Waals surface area contributed by atoms with Gasteiger partial charge in [0.15, 0.2) is 5.17 Å². The Morgan fingerprint density at radius 2 is 2.08 bits per heavy atom. The van der Waals surface area contributed by atoms with Crippen molar-refractivity contribution in [1.29, 1.82) is 0 Å². The van der Waals surface area contributed by atoms with Crippen molar-refractivity contribution in [2.24, 2.45) is 4.99 Å². The molecule has 1 saturated carbocycles. The molecule has 1 aromatic carbocycles. The number of carbonyl (C=O) groups excluding carboxylic acids is 2. The van der Waals surface area contributed by atoms with Crippen molar-refractivity contribution in [2.45, 2.75) is 57.2 Å². The molecule has 0 aromatic heterocycles. The lowest BCUT2D eigenvalue weighted by molar-refractivity contribution is -0.122. The topological polar surface area (TPSA) is 70.6 Å². The van der Waals surface area contributed by atoms with Crippen LogP contribution in [0.1, 0.15) is 43.2 Å². The Balaban J connectivity index is 1.57. The summed E-state index contributed by atoms with van der Waals surface area (Å²) in [6.45, 7) is 3.98. The number of hydrogen-bond acceptors (Lipinski definition) is 4. The van der Waals surface area contributed by atoms with E-state index < -0.39 is 5.25 Å². The zero-order valence-corrected chi connectivity index (χ0v) is 14.9. The third-order valence-electron chi connectivity index (χ3n) is 4.43. The highest BCUT2D eigenvalue weighted by Crippen LogP contribution is 2.27. The van der Waals surface area contributed by atoms with E-state index in [0.29, 0.717) is 11.2 Å². The standard InChI is InChI=1S/C18H23N3O2S/c1-11-7-8-14(12(2)9-11)20-16(22)10-15-17(23)21-18(24-15)19-13-5-3-4-6-13/h7-9,13,15H,3-6,10H2,1-2H3,(H,20,22)(H,19,21,23). The van der Waals surface area contributed by atoms with E-state index in [1.54, 1.807) is 0 Å². The van der Waals surface area contributed by atoms with Crippen LogP contribution in [0.3, 0.4) is 0 Å². The van der Waals surface area contributed by atoms with Gasteiger partial charge in [-0.1, -0.05) is 42.3 Å². The van der Waals surface area contributed by atoms with Gasteiger partial charge in [0.2, 0.25) is 11.8 Å². The number of benzene rings is 1. The van der Waals surface area contributed by atoms with E-state index in [-0.39, 0.29) is 18.2 Å². The predicted octanol–water partition coefficient (Wildman–Crippen LogP) is 3.16. The lowest BCUT2D eigenvalue weighted by Gasteiger charge is -2.10. The molecule has 1 saturated heterocycles. The molecule has 2 fully saturated rings. The van der Waals surface area contributed by atoms with Crippen LogP contribution in [0.2, 0.25) is 0 Å². The number of aliphatic imine (C=N–C) groups is 1. The minimum absolute atomic E-state index is 0.118. The first-order valence-electron chi connectivity index (χ1n) is 8.43. The quantitative estimate of drug-likeness (QED) is 0.880. The first-order valence-corrected chi connectivity index (χ1v) is 9.31. The van der Waals surface area contributed by atoms with Crippen LogP contribution in [0.15, 0.2) is 23.2 Å². The van der Waals surface area contributed by atoms with E-state index in [4.69, 9.17) is 0 Å². The van der Waals surface area contributed by atoms with Crippen molar-refractivity contribution in [3.8, 4) is 0 Å². The van der Waals surface area contributed by atoms with E-state index in [9.17, 15) is 9.59 Å². The molecule has 2 aliphatic rings. The molecule has 2 N–H and O–H groups in total. The van der Waals surface area contributed by atoms with Crippen LogP contribution < -0.4 is 10.6 Å². The molecular weight excluding hydrogens is 322 g/mol. The van der Waals surface area contributed by atoms with Crippen molar-refractivity contribution in [1.82, 2.24) is 5.32 Å². The maximum absolute atomic E-state index is 12.3. The molecule has 1 aromatic rings. The van der Waals surface area contributed by atoms with E-state index >= 15 is 0 Å². The Morgan fingerprint density at radius 3 is 2.79 bits per heavy atom. The van der Waals surface area contributed by atoms with Crippen LogP contribution in [0.4, 0.5) is 5.69 Å². The molecule has 0 bridgehead atoms. The van der Waals surface area contributed by atoms with Gasteiger partial charge in [0, 0.05) is 12.1 Å². The van der Waals surface area contributed by atoms with E-state index in [2.05, 4.69) is 15.6 Å². The Labute approximate surface area is 146 Å². The Morgan fingerprint density at radius 1 is 1.33 bits per heavy atom. The third kappa shape index (κ3) is 4.17. The van der Waals surface area contributed by atoms with Gasteiger partial charge in [-0.25, -0.2) is 0 Å². The summed E-state index contributed by atoms with van der Waals surface area (Å²) >= 11 is 1.38. The van der Waals surface area contributed by atoms with Crippen LogP contribution in [-0.4, -0.2) is 28.3 Å². The molecule has 0 radical (unpaired) electrons. The number of rotatable bonds is 4. The second kappa shape index (κ2) is 7.38. The molecule has 1 aliphatic heterocycles. The summed E-state index contributed by atoms with van der Waals surface area (Å²) < 4.78 is 0. The van der Waals surface area contributed by atoms with Gasteiger partial charge >= 0.3 is 0 Å². The molecule has 2 amide bonds. The SMILES string of the molecule is Cc1ccc(NC(=O)CC2SC(=NC3CCCC3)NC2=O)c(C)c1. The van der Waals surface area contributed by atoms with Crippen molar-refractivity contribution in [3.63, 3.8) is 0 Å². The molecule has 1 unspecified atom stereocenters. The average Bonchev–Trinajstić information content (AvgIpc) is 3.13. The minimum atomic E-state index is -0.393. The first-order chi connectivity index (χ1) is 11.5. The number of hydrogen-bond donors (Lipinski definition) is 2. The molecule has 24 heavy (non-hydrogen) atoms. The van der Waals surface area contributed by atoms with Crippen LogP contribution in [0.5, 0.6) is 0 Å². The normalized spacial score (nSPS) is 22.8. The van der Waals surface area contributed by atoms with Gasteiger partial charge in [-0.3, -0.25) is 14.6 Å². The van der Waals surface area contributed by atoms with Crippen molar-refractivity contribution in [2.75, 3.05) is 5.32 Å². The first kappa shape index (κ1) is 17.0.